The number of amides is 1. The predicted molar refractivity (Wildman–Crippen MR) is 161 cm³/mol. The normalized spacial score (nSPS) is 12.8. The lowest BCUT2D eigenvalue weighted by Crippen LogP contribution is -2.31. The first-order valence-electron chi connectivity index (χ1n) is 13.5. The molecule has 2 aromatic heterocycles. The second-order valence-corrected chi connectivity index (χ2v) is 9.97. The summed E-state index contributed by atoms with van der Waals surface area (Å²) in [6.45, 7) is 2.56. The van der Waals surface area contributed by atoms with Crippen LogP contribution in [-0.2, 0) is 0 Å². The number of nitrogens with two attached hydrogens (primary N) is 1. The van der Waals surface area contributed by atoms with E-state index in [4.69, 9.17) is 11.1 Å². The van der Waals surface area contributed by atoms with E-state index in [1.54, 1.807) is 12.3 Å². The van der Waals surface area contributed by atoms with E-state index in [1.807, 2.05) is 6.92 Å². The van der Waals surface area contributed by atoms with Crippen molar-refractivity contribution in [3.8, 4) is 22.9 Å². The molecule has 9 nitrogen and oxygen atoms in total. The van der Waals surface area contributed by atoms with Crippen molar-refractivity contribution in [1.82, 2.24) is 14.9 Å². The topological polar surface area (TPSA) is 150 Å². The van der Waals surface area contributed by atoms with Crippen LogP contribution < -0.4 is 21.9 Å². The summed E-state index contributed by atoms with van der Waals surface area (Å²) in [5.74, 6) is -1.90. The fourth-order valence-corrected chi connectivity index (χ4v) is 4.73. The molecule has 1 amide bonds. The molecule has 1 fully saturated rings. The molecule has 1 aliphatic rings. The number of nitrogens with one attached hydrogen (secondary N) is 3. The van der Waals surface area contributed by atoms with Crippen LogP contribution in [0.5, 0.6) is 0 Å². The van der Waals surface area contributed by atoms with Crippen molar-refractivity contribution in [3.63, 3.8) is 0 Å². The minimum absolute atomic E-state index is 0.0147. The summed E-state index contributed by atoms with van der Waals surface area (Å²) < 4.78 is 30.1. The lowest BCUT2D eigenvalue weighted by atomic mass is 10.0. The zero-order chi connectivity index (χ0) is 30.7. The van der Waals surface area contributed by atoms with Crippen LogP contribution in [0, 0.1) is 28.4 Å². The molecule has 11 heteroatoms. The summed E-state index contributed by atoms with van der Waals surface area (Å²) in [4.78, 5) is 31.1. The molecule has 216 valence electrons. The van der Waals surface area contributed by atoms with Gasteiger partial charge < -0.3 is 21.8 Å². The minimum Gasteiger partial charge on any atom is -0.391 e. The van der Waals surface area contributed by atoms with E-state index in [0.29, 0.717) is 28.8 Å². The fraction of sp³-hybridized carbons (Fsp3) is 0.156. The summed E-state index contributed by atoms with van der Waals surface area (Å²) in [5, 5.41) is 23.2. The number of carbonyl (C=O) groups excluding carboxylic acids is 1. The molecule has 5 N–H and O–H groups in total. The van der Waals surface area contributed by atoms with Crippen LogP contribution in [0.1, 0.15) is 52.9 Å². The number of pyridine rings is 2. The third kappa shape index (κ3) is 5.90. The van der Waals surface area contributed by atoms with Gasteiger partial charge in [0.2, 0.25) is 0 Å². The number of anilines is 2. The minimum atomic E-state index is -0.785. The molecular formula is C32H27F2N7O2. The Bertz CT molecular complexity index is 1870. The Hall–Kier alpha value is -5.63. The van der Waals surface area contributed by atoms with Gasteiger partial charge in [-0.1, -0.05) is 0 Å². The van der Waals surface area contributed by atoms with E-state index in [2.05, 4.69) is 21.7 Å². The Labute approximate surface area is 245 Å². The maximum atomic E-state index is 15.4. The van der Waals surface area contributed by atoms with Crippen molar-refractivity contribution in [3.05, 3.63) is 111 Å². The number of nitrogens with zero attached hydrogens (tertiary/aromatic N) is 3. The highest BCUT2D eigenvalue weighted by Gasteiger charge is 2.31. The zero-order valence-corrected chi connectivity index (χ0v) is 23.1. The van der Waals surface area contributed by atoms with E-state index in [-0.39, 0.29) is 39.9 Å². The monoisotopic (exact) mass is 579 g/mol. The highest BCUT2D eigenvalue weighted by Crippen LogP contribution is 2.42. The standard InChI is InChI=1S/C32H27F2N7O2/c1-2-38-16-20(14-35)19-11-26(30(37)39-17-19)24-10-7-22(12-28(24)34)40-31(42)27-13-25(18-3-4-18)29(15-36)41(32(27)43)23-8-5-21(33)6-9-23/h5-14,16-18,35,38H,2-4H2,1H3,(H2,37,39)(H,40,42)/b20-16+,35-14?. The number of carbonyl (C=O) groups is 1. The maximum Gasteiger partial charge on any atom is 0.269 e. The number of halogens is 2. The molecule has 1 aliphatic carbocycles. The van der Waals surface area contributed by atoms with Gasteiger partial charge in [0, 0.05) is 53.1 Å². The first-order valence-corrected chi connectivity index (χ1v) is 13.5. The third-order valence-corrected chi connectivity index (χ3v) is 7.07. The molecule has 0 radical (unpaired) electrons. The van der Waals surface area contributed by atoms with Crippen molar-refractivity contribution in [1.29, 1.82) is 10.7 Å². The highest BCUT2D eigenvalue weighted by molar-refractivity contribution is 6.08. The maximum absolute atomic E-state index is 15.4. The van der Waals surface area contributed by atoms with Crippen LogP contribution in [-0.4, -0.2) is 28.2 Å². The summed E-state index contributed by atoms with van der Waals surface area (Å²) in [6.07, 6.45) is 5.90. The summed E-state index contributed by atoms with van der Waals surface area (Å²) in [5.41, 5.74) is 7.56. The van der Waals surface area contributed by atoms with Crippen LogP contribution >= 0.6 is 0 Å². The molecule has 0 atom stereocenters. The van der Waals surface area contributed by atoms with Crippen LogP contribution in [0.15, 0.2) is 71.8 Å². The largest absolute Gasteiger partial charge is 0.391 e. The van der Waals surface area contributed by atoms with Gasteiger partial charge in [0.1, 0.15) is 34.8 Å². The first kappa shape index (κ1) is 28.9. The SMILES string of the molecule is CCN/C=C(\C=N)c1cnc(N)c(-c2ccc(NC(=O)c3cc(C4CC4)c(C#N)n(-c4ccc(F)cc4)c3=O)cc2F)c1. The Morgan fingerprint density at radius 1 is 1.16 bits per heavy atom. The van der Waals surface area contributed by atoms with Crippen molar-refractivity contribution in [2.24, 2.45) is 0 Å². The zero-order valence-electron chi connectivity index (χ0n) is 23.1. The smallest absolute Gasteiger partial charge is 0.269 e. The lowest BCUT2D eigenvalue weighted by molar-refractivity contribution is 0.102. The number of nitrogen functional groups attached to an aromatic ring is 1. The average molecular weight is 580 g/mol. The molecule has 5 rings (SSSR count). The molecule has 2 heterocycles. The molecule has 43 heavy (non-hydrogen) atoms. The van der Waals surface area contributed by atoms with Gasteiger partial charge >= 0.3 is 0 Å². The number of nitriles is 1. The Morgan fingerprint density at radius 3 is 2.53 bits per heavy atom. The predicted octanol–water partition coefficient (Wildman–Crippen LogP) is 5.36. The Morgan fingerprint density at radius 2 is 1.91 bits per heavy atom. The van der Waals surface area contributed by atoms with Gasteiger partial charge in [0.05, 0.1) is 5.69 Å². The Balaban J connectivity index is 1.49. The van der Waals surface area contributed by atoms with Gasteiger partial charge in [-0.2, -0.15) is 5.26 Å². The molecule has 1 saturated carbocycles. The molecular weight excluding hydrogens is 552 g/mol. The van der Waals surface area contributed by atoms with Crippen LogP contribution in [0.4, 0.5) is 20.3 Å². The van der Waals surface area contributed by atoms with Gasteiger partial charge in [0.25, 0.3) is 11.5 Å². The third-order valence-electron chi connectivity index (χ3n) is 7.07. The average Bonchev–Trinajstić information content (AvgIpc) is 3.84. The van der Waals surface area contributed by atoms with E-state index < -0.39 is 23.1 Å². The van der Waals surface area contributed by atoms with Crippen molar-refractivity contribution in [2.75, 3.05) is 17.6 Å². The highest BCUT2D eigenvalue weighted by atomic mass is 19.1. The van der Waals surface area contributed by atoms with Gasteiger partial charge in [0.15, 0.2) is 0 Å². The van der Waals surface area contributed by atoms with E-state index >= 15 is 4.39 Å². The second-order valence-electron chi connectivity index (χ2n) is 9.97. The summed E-state index contributed by atoms with van der Waals surface area (Å²) >= 11 is 0. The Kier molecular flexibility index (Phi) is 8.11. The molecule has 0 saturated heterocycles. The van der Waals surface area contributed by atoms with E-state index in [1.165, 1.54) is 48.7 Å². The number of hydrogen-bond acceptors (Lipinski definition) is 7. The van der Waals surface area contributed by atoms with Gasteiger partial charge in [-0.05, 0) is 85.8 Å². The number of allylic oxidation sites excluding steroid dienone is 1. The molecule has 0 unspecified atom stereocenters. The van der Waals surface area contributed by atoms with Gasteiger partial charge in [-0.3, -0.25) is 14.2 Å². The van der Waals surface area contributed by atoms with Crippen molar-refractivity contribution >= 4 is 29.2 Å². The first-order chi connectivity index (χ1) is 20.7. The lowest BCUT2D eigenvalue weighted by Gasteiger charge is -2.15. The number of hydrogen-bond donors (Lipinski definition) is 4. The second kappa shape index (κ2) is 12.1. The fourth-order valence-electron chi connectivity index (χ4n) is 4.73. The number of benzene rings is 2. The van der Waals surface area contributed by atoms with Crippen LogP contribution in [0.25, 0.3) is 22.4 Å². The van der Waals surface area contributed by atoms with E-state index in [9.17, 15) is 19.2 Å². The molecule has 0 aliphatic heterocycles. The molecule has 0 spiro atoms. The van der Waals surface area contributed by atoms with Crippen molar-refractivity contribution < 1.29 is 13.6 Å². The molecule has 2 aromatic carbocycles. The summed E-state index contributed by atoms with van der Waals surface area (Å²) in [6, 6.07) is 14.2. The van der Waals surface area contributed by atoms with E-state index in [0.717, 1.165) is 29.7 Å². The van der Waals surface area contributed by atoms with Gasteiger partial charge in [-0.25, -0.2) is 13.8 Å². The van der Waals surface area contributed by atoms with Crippen LogP contribution in [0.2, 0.25) is 0 Å². The number of rotatable bonds is 9. The van der Waals surface area contributed by atoms with Gasteiger partial charge in [-0.15, -0.1) is 0 Å². The number of aromatic nitrogens is 2. The van der Waals surface area contributed by atoms with Crippen molar-refractivity contribution in [2.45, 2.75) is 25.7 Å². The quantitative estimate of drug-likeness (QED) is 0.196. The molecule has 0 bridgehead atoms. The molecule has 4 aromatic rings. The summed E-state index contributed by atoms with van der Waals surface area (Å²) in [7, 11) is 0. The van der Waals surface area contributed by atoms with Crippen LogP contribution in [0.3, 0.4) is 0 Å².